The number of hydrogen-bond acceptors (Lipinski definition) is 5. The fourth-order valence-electron chi connectivity index (χ4n) is 1.94. The van der Waals surface area contributed by atoms with Gasteiger partial charge in [0.15, 0.2) is 0 Å². The first-order chi connectivity index (χ1) is 10.3. The first kappa shape index (κ1) is 18.4. The van der Waals surface area contributed by atoms with E-state index in [0.717, 1.165) is 0 Å². The van der Waals surface area contributed by atoms with Crippen LogP contribution in [0, 0.1) is 5.92 Å². The number of methoxy groups -OCH3 is 1. The summed E-state index contributed by atoms with van der Waals surface area (Å²) in [6.45, 7) is 6.16. The quantitative estimate of drug-likeness (QED) is 0.737. The van der Waals surface area contributed by atoms with E-state index in [1.165, 1.54) is 19.2 Å². The third kappa shape index (κ3) is 5.31. The van der Waals surface area contributed by atoms with Crippen LogP contribution in [0.15, 0.2) is 29.2 Å². The summed E-state index contributed by atoms with van der Waals surface area (Å²) in [5.41, 5.74) is 0. The van der Waals surface area contributed by atoms with Crippen LogP contribution in [0.3, 0.4) is 0 Å². The Hall–Kier alpha value is -1.60. The maximum Gasteiger partial charge on any atom is 0.323 e. The summed E-state index contributed by atoms with van der Waals surface area (Å²) in [6, 6.07) is 5.14. The summed E-state index contributed by atoms with van der Waals surface area (Å²) in [5.74, 6) is 0.142. The predicted octanol–water partition coefficient (Wildman–Crippen LogP) is 1.95. The Morgan fingerprint density at radius 1 is 1.23 bits per heavy atom. The number of hydrogen-bond donors (Lipinski definition) is 1. The Labute approximate surface area is 131 Å². The van der Waals surface area contributed by atoms with Crippen molar-refractivity contribution < 1.29 is 22.7 Å². The van der Waals surface area contributed by atoms with E-state index in [2.05, 4.69) is 9.46 Å². The standard InChI is InChI=1S/C15H23NO5S/c1-5-21-12-6-8-13(9-7-12)22(18,19)16-14(10-11(2)3)15(17)20-4/h6-9,11,14,16H,5,10H2,1-4H3/t14-/m1/s1. The van der Waals surface area contributed by atoms with Crippen LogP contribution < -0.4 is 9.46 Å². The molecule has 0 radical (unpaired) electrons. The van der Waals surface area contributed by atoms with E-state index < -0.39 is 22.0 Å². The van der Waals surface area contributed by atoms with Crippen LogP contribution in [-0.2, 0) is 19.6 Å². The fourth-order valence-corrected chi connectivity index (χ4v) is 3.14. The van der Waals surface area contributed by atoms with Gasteiger partial charge in [-0.15, -0.1) is 0 Å². The second-order valence-corrected chi connectivity index (χ2v) is 6.94. The summed E-state index contributed by atoms with van der Waals surface area (Å²) in [5, 5.41) is 0. The van der Waals surface area contributed by atoms with Gasteiger partial charge in [0.2, 0.25) is 10.0 Å². The number of carbonyl (C=O) groups is 1. The van der Waals surface area contributed by atoms with Gasteiger partial charge >= 0.3 is 5.97 Å². The molecule has 7 heteroatoms. The second kappa shape index (κ2) is 8.14. The molecule has 1 rings (SSSR count). The van der Waals surface area contributed by atoms with E-state index in [1.807, 2.05) is 20.8 Å². The third-order valence-corrected chi connectivity index (χ3v) is 4.42. The zero-order valence-corrected chi connectivity index (χ0v) is 14.1. The van der Waals surface area contributed by atoms with Crippen molar-refractivity contribution in [3.63, 3.8) is 0 Å². The van der Waals surface area contributed by atoms with Crippen molar-refractivity contribution in [1.82, 2.24) is 4.72 Å². The molecule has 0 spiro atoms. The SMILES string of the molecule is CCOc1ccc(S(=O)(=O)N[C@H](CC(C)C)C(=O)OC)cc1. The zero-order chi connectivity index (χ0) is 16.8. The van der Waals surface area contributed by atoms with Crippen LogP contribution in [0.25, 0.3) is 0 Å². The molecular weight excluding hydrogens is 306 g/mol. The molecule has 0 aliphatic rings. The molecule has 0 bridgehead atoms. The molecular formula is C15H23NO5S. The lowest BCUT2D eigenvalue weighted by Crippen LogP contribution is -2.42. The fraction of sp³-hybridized carbons (Fsp3) is 0.533. The molecule has 0 saturated carbocycles. The minimum absolute atomic E-state index is 0.0774. The van der Waals surface area contributed by atoms with E-state index in [9.17, 15) is 13.2 Å². The van der Waals surface area contributed by atoms with E-state index >= 15 is 0 Å². The second-order valence-electron chi connectivity index (χ2n) is 5.23. The maximum atomic E-state index is 12.4. The van der Waals surface area contributed by atoms with Gasteiger partial charge in [0, 0.05) is 0 Å². The molecule has 0 heterocycles. The van der Waals surface area contributed by atoms with Gasteiger partial charge in [-0.05, 0) is 43.5 Å². The van der Waals surface area contributed by atoms with Crippen LogP contribution >= 0.6 is 0 Å². The van der Waals surface area contributed by atoms with Gasteiger partial charge in [0.1, 0.15) is 11.8 Å². The number of rotatable bonds is 8. The van der Waals surface area contributed by atoms with Crippen LogP contribution in [0.1, 0.15) is 27.2 Å². The molecule has 0 aromatic heterocycles. The number of benzene rings is 1. The van der Waals surface area contributed by atoms with Gasteiger partial charge in [-0.2, -0.15) is 4.72 Å². The molecule has 22 heavy (non-hydrogen) atoms. The summed E-state index contributed by atoms with van der Waals surface area (Å²) < 4.78 is 37.0. The number of esters is 1. The number of nitrogens with one attached hydrogen (secondary N) is 1. The smallest absolute Gasteiger partial charge is 0.323 e. The Kier molecular flexibility index (Phi) is 6.83. The van der Waals surface area contributed by atoms with Gasteiger partial charge < -0.3 is 9.47 Å². The zero-order valence-electron chi connectivity index (χ0n) is 13.3. The highest BCUT2D eigenvalue weighted by Crippen LogP contribution is 2.17. The monoisotopic (exact) mass is 329 g/mol. The Bertz CT molecular complexity index is 580. The Balaban J connectivity index is 2.93. The number of ether oxygens (including phenoxy) is 2. The van der Waals surface area contributed by atoms with Crippen LogP contribution in [0.5, 0.6) is 5.75 Å². The minimum Gasteiger partial charge on any atom is -0.494 e. The van der Waals surface area contributed by atoms with Gasteiger partial charge in [-0.3, -0.25) is 4.79 Å². The minimum atomic E-state index is -3.80. The van der Waals surface area contributed by atoms with Crippen molar-refractivity contribution in [2.75, 3.05) is 13.7 Å². The van der Waals surface area contributed by atoms with Gasteiger partial charge in [-0.25, -0.2) is 8.42 Å². The Morgan fingerprint density at radius 3 is 2.27 bits per heavy atom. The first-order valence-corrected chi connectivity index (χ1v) is 8.61. The van der Waals surface area contributed by atoms with E-state index in [0.29, 0.717) is 18.8 Å². The molecule has 0 fully saturated rings. The number of carbonyl (C=O) groups excluding carboxylic acids is 1. The van der Waals surface area contributed by atoms with Crippen molar-refractivity contribution in [3.8, 4) is 5.75 Å². The lowest BCUT2D eigenvalue weighted by atomic mass is 10.1. The highest BCUT2D eigenvalue weighted by atomic mass is 32.2. The molecule has 1 atom stereocenters. The molecule has 0 aliphatic heterocycles. The average Bonchev–Trinajstić information content (AvgIpc) is 2.46. The summed E-state index contributed by atoms with van der Waals surface area (Å²) in [6.07, 6.45) is 0.364. The highest BCUT2D eigenvalue weighted by molar-refractivity contribution is 7.89. The average molecular weight is 329 g/mol. The van der Waals surface area contributed by atoms with Crippen LogP contribution in [0.4, 0.5) is 0 Å². The van der Waals surface area contributed by atoms with Gasteiger partial charge in [0.25, 0.3) is 0 Å². The molecule has 6 nitrogen and oxygen atoms in total. The Morgan fingerprint density at radius 2 is 1.82 bits per heavy atom. The molecule has 1 aromatic carbocycles. The molecule has 0 aliphatic carbocycles. The van der Waals surface area contributed by atoms with Crippen molar-refractivity contribution in [2.45, 2.75) is 38.1 Å². The van der Waals surface area contributed by atoms with Crippen LogP contribution in [-0.4, -0.2) is 34.1 Å². The van der Waals surface area contributed by atoms with Gasteiger partial charge in [-0.1, -0.05) is 13.8 Å². The summed E-state index contributed by atoms with van der Waals surface area (Å²) in [7, 11) is -2.56. The van der Waals surface area contributed by atoms with Crippen LogP contribution in [0.2, 0.25) is 0 Å². The molecule has 1 aromatic rings. The van der Waals surface area contributed by atoms with Crippen molar-refractivity contribution in [3.05, 3.63) is 24.3 Å². The largest absolute Gasteiger partial charge is 0.494 e. The van der Waals surface area contributed by atoms with E-state index in [-0.39, 0.29) is 10.8 Å². The van der Waals surface area contributed by atoms with E-state index in [1.54, 1.807) is 12.1 Å². The topological polar surface area (TPSA) is 81.7 Å². The third-order valence-electron chi connectivity index (χ3n) is 2.94. The molecule has 0 saturated heterocycles. The predicted molar refractivity (Wildman–Crippen MR) is 83.2 cm³/mol. The highest BCUT2D eigenvalue weighted by Gasteiger charge is 2.27. The van der Waals surface area contributed by atoms with Crippen molar-refractivity contribution >= 4 is 16.0 Å². The molecule has 0 amide bonds. The van der Waals surface area contributed by atoms with Crippen molar-refractivity contribution in [1.29, 1.82) is 0 Å². The lowest BCUT2D eigenvalue weighted by Gasteiger charge is -2.18. The van der Waals surface area contributed by atoms with E-state index in [4.69, 9.17) is 4.74 Å². The number of sulfonamides is 1. The summed E-state index contributed by atoms with van der Waals surface area (Å²) in [4.78, 5) is 11.8. The lowest BCUT2D eigenvalue weighted by molar-refractivity contribution is -0.143. The van der Waals surface area contributed by atoms with Gasteiger partial charge in [0.05, 0.1) is 18.6 Å². The normalized spacial score (nSPS) is 13.0. The maximum absolute atomic E-state index is 12.4. The molecule has 0 unspecified atom stereocenters. The first-order valence-electron chi connectivity index (χ1n) is 7.13. The summed E-state index contributed by atoms with van der Waals surface area (Å²) >= 11 is 0. The molecule has 1 N–H and O–H groups in total. The van der Waals surface area contributed by atoms with Crippen molar-refractivity contribution in [2.24, 2.45) is 5.92 Å². The molecule has 124 valence electrons.